The number of carbonyl (C=O) groups excluding carboxylic acids is 1. The molecule has 0 atom stereocenters. The average molecular weight is 346 g/mol. The fraction of sp³-hybridized carbons (Fsp3) is 0.333. The minimum absolute atomic E-state index is 0.0739. The fourth-order valence-electron chi connectivity index (χ4n) is 2.84. The lowest BCUT2D eigenvalue weighted by molar-refractivity contribution is 0.102. The number of piperazine rings is 1. The molecule has 0 unspecified atom stereocenters. The van der Waals surface area contributed by atoms with Gasteiger partial charge in [-0.1, -0.05) is 6.92 Å². The molecule has 0 aliphatic carbocycles. The third kappa shape index (κ3) is 4.11. The summed E-state index contributed by atoms with van der Waals surface area (Å²) in [4.78, 5) is 20.9. The van der Waals surface area contributed by atoms with E-state index in [0.29, 0.717) is 0 Å². The van der Waals surface area contributed by atoms with Gasteiger partial charge < -0.3 is 15.1 Å². The number of aromatic nitrogens is 1. The molecular formula is C18H20F2N4O. The standard InChI is InChI=1S/C18H20F2N4O/c1-2-23-7-9-24(10-8-23)14-5-6-21-17(12-14)18(25)22-16-4-3-13(19)11-15(16)20/h3-6,11-12H,2,7-10H2,1H3,(H,22,25). The van der Waals surface area contributed by atoms with Crippen LogP contribution in [0.1, 0.15) is 17.4 Å². The van der Waals surface area contributed by atoms with Crippen molar-refractivity contribution >= 4 is 17.3 Å². The molecule has 1 aliphatic heterocycles. The summed E-state index contributed by atoms with van der Waals surface area (Å²) < 4.78 is 26.6. The number of likely N-dealkylation sites (N-methyl/N-ethyl adjacent to an activating group) is 1. The smallest absolute Gasteiger partial charge is 0.274 e. The summed E-state index contributed by atoms with van der Waals surface area (Å²) in [5.41, 5.74) is 1.03. The van der Waals surface area contributed by atoms with E-state index in [0.717, 1.165) is 50.5 Å². The van der Waals surface area contributed by atoms with Crippen molar-refractivity contribution in [1.29, 1.82) is 0 Å². The highest BCUT2D eigenvalue weighted by molar-refractivity contribution is 6.03. The second kappa shape index (κ2) is 7.57. The topological polar surface area (TPSA) is 48.5 Å². The normalized spacial score (nSPS) is 15.2. The molecule has 1 aromatic carbocycles. The highest BCUT2D eigenvalue weighted by atomic mass is 19.1. The molecular weight excluding hydrogens is 326 g/mol. The Morgan fingerprint density at radius 3 is 2.60 bits per heavy atom. The zero-order valence-corrected chi connectivity index (χ0v) is 14.0. The third-order valence-corrected chi connectivity index (χ3v) is 4.34. The number of benzene rings is 1. The van der Waals surface area contributed by atoms with Crippen LogP contribution in [0.25, 0.3) is 0 Å². The van der Waals surface area contributed by atoms with Crippen LogP contribution in [-0.2, 0) is 0 Å². The predicted molar refractivity (Wildman–Crippen MR) is 92.9 cm³/mol. The van der Waals surface area contributed by atoms with Gasteiger partial charge in [0.2, 0.25) is 0 Å². The number of anilines is 2. The van der Waals surface area contributed by atoms with Gasteiger partial charge in [0.15, 0.2) is 0 Å². The van der Waals surface area contributed by atoms with E-state index in [-0.39, 0.29) is 11.4 Å². The van der Waals surface area contributed by atoms with Gasteiger partial charge in [-0.2, -0.15) is 0 Å². The molecule has 5 nitrogen and oxygen atoms in total. The molecule has 1 saturated heterocycles. The maximum Gasteiger partial charge on any atom is 0.274 e. The van der Waals surface area contributed by atoms with Crippen LogP contribution in [0.15, 0.2) is 36.5 Å². The number of halogens is 2. The van der Waals surface area contributed by atoms with Gasteiger partial charge in [-0.25, -0.2) is 8.78 Å². The number of rotatable bonds is 4. The zero-order chi connectivity index (χ0) is 17.8. The summed E-state index contributed by atoms with van der Waals surface area (Å²) in [6.07, 6.45) is 1.57. The summed E-state index contributed by atoms with van der Waals surface area (Å²) in [6.45, 7) is 6.87. The van der Waals surface area contributed by atoms with Crippen LogP contribution in [0.4, 0.5) is 20.2 Å². The Labute approximate surface area is 145 Å². The van der Waals surface area contributed by atoms with E-state index < -0.39 is 17.5 Å². The van der Waals surface area contributed by atoms with E-state index >= 15 is 0 Å². The Kier molecular flexibility index (Phi) is 5.23. The van der Waals surface area contributed by atoms with Gasteiger partial charge in [0.05, 0.1) is 5.69 Å². The molecule has 1 aromatic heterocycles. The van der Waals surface area contributed by atoms with Crippen molar-refractivity contribution in [2.24, 2.45) is 0 Å². The number of nitrogens with one attached hydrogen (secondary N) is 1. The number of amides is 1. The Morgan fingerprint density at radius 2 is 1.92 bits per heavy atom. The first-order chi connectivity index (χ1) is 12.1. The maximum absolute atomic E-state index is 13.7. The largest absolute Gasteiger partial charge is 0.369 e. The highest BCUT2D eigenvalue weighted by Crippen LogP contribution is 2.19. The first-order valence-electron chi connectivity index (χ1n) is 8.26. The number of hydrogen-bond acceptors (Lipinski definition) is 4. The zero-order valence-electron chi connectivity index (χ0n) is 14.0. The predicted octanol–water partition coefficient (Wildman–Crippen LogP) is 2.75. The molecule has 1 fully saturated rings. The minimum Gasteiger partial charge on any atom is -0.369 e. The average Bonchev–Trinajstić information content (AvgIpc) is 2.64. The summed E-state index contributed by atoms with van der Waals surface area (Å²) in [5.74, 6) is -2.04. The van der Waals surface area contributed by atoms with Gasteiger partial charge in [0.25, 0.3) is 5.91 Å². The summed E-state index contributed by atoms with van der Waals surface area (Å²) >= 11 is 0. The Balaban J connectivity index is 1.71. The van der Waals surface area contributed by atoms with Gasteiger partial charge in [0.1, 0.15) is 17.3 Å². The second-order valence-corrected chi connectivity index (χ2v) is 5.90. The van der Waals surface area contributed by atoms with Crippen LogP contribution in [0, 0.1) is 11.6 Å². The van der Waals surface area contributed by atoms with Crippen molar-refractivity contribution in [1.82, 2.24) is 9.88 Å². The number of pyridine rings is 1. The van der Waals surface area contributed by atoms with E-state index in [1.54, 1.807) is 12.3 Å². The molecule has 25 heavy (non-hydrogen) atoms. The second-order valence-electron chi connectivity index (χ2n) is 5.90. The van der Waals surface area contributed by atoms with Crippen LogP contribution < -0.4 is 10.2 Å². The van der Waals surface area contributed by atoms with Gasteiger partial charge >= 0.3 is 0 Å². The van der Waals surface area contributed by atoms with E-state index in [9.17, 15) is 13.6 Å². The van der Waals surface area contributed by atoms with E-state index in [1.165, 1.54) is 6.07 Å². The third-order valence-electron chi connectivity index (χ3n) is 4.34. The summed E-state index contributed by atoms with van der Waals surface area (Å²) in [7, 11) is 0. The number of nitrogens with zero attached hydrogens (tertiary/aromatic N) is 3. The van der Waals surface area contributed by atoms with Crippen LogP contribution >= 0.6 is 0 Å². The van der Waals surface area contributed by atoms with Crippen LogP contribution in [0.3, 0.4) is 0 Å². The monoisotopic (exact) mass is 346 g/mol. The van der Waals surface area contributed by atoms with Crippen LogP contribution in [0.5, 0.6) is 0 Å². The minimum atomic E-state index is -0.819. The number of hydrogen-bond donors (Lipinski definition) is 1. The molecule has 2 aromatic rings. The summed E-state index contributed by atoms with van der Waals surface area (Å²) in [6, 6.07) is 6.56. The molecule has 0 bridgehead atoms. The Bertz CT molecular complexity index is 760. The molecule has 7 heteroatoms. The molecule has 3 rings (SSSR count). The van der Waals surface area contributed by atoms with Crippen molar-refractivity contribution in [3.63, 3.8) is 0 Å². The molecule has 0 radical (unpaired) electrons. The first-order valence-corrected chi connectivity index (χ1v) is 8.26. The quantitative estimate of drug-likeness (QED) is 0.925. The summed E-state index contributed by atoms with van der Waals surface area (Å²) in [5, 5.41) is 2.43. The van der Waals surface area contributed by atoms with E-state index in [2.05, 4.69) is 27.0 Å². The van der Waals surface area contributed by atoms with Gasteiger partial charge in [-0.3, -0.25) is 9.78 Å². The fourth-order valence-corrected chi connectivity index (χ4v) is 2.84. The molecule has 132 valence electrons. The molecule has 0 saturated carbocycles. The lowest BCUT2D eigenvalue weighted by Crippen LogP contribution is -2.46. The van der Waals surface area contributed by atoms with Gasteiger partial charge in [0, 0.05) is 44.1 Å². The highest BCUT2D eigenvalue weighted by Gasteiger charge is 2.18. The maximum atomic E-state index is 13.7. The van der Waals surface area contributed by atoms with Crippen molar-refractivity contribution in [3.8, 4) is 0 Å². The van der Waals surface area contributed by atoms with Crippen molar-refractivity contribution in [2.45, 2.75) is 6.92 Å². The molecule has 1 N–H and O–H groups in total. The number of carbonyl (C=O) groups is 1. The molecule has 1 amide bonds. The first kappa shape index (κ1) is 17.3. The lowest BCUT2D eigenvalue weighted by Gasteiger charge is -2.35. The van der Waals surface area contributed by atoms with Gasteiger partial charge in [-0.15, -0.1) is 0 Å². The Hall–Kier alpha value is -2.54. The van der Waals surface area contributed by atoms with Crippen LogP contribution in [0.2, 0.25) is 0 Å². The van der Waals surface area contributed by atoms with Crippen molar-refractivity contribution in [3.05, 3.63) is 53.9 Å². The molecule has 0 spiro atoms. The Morgan fingerprint density at radius 1 is 1.16 bits per heavy atom. The van der Waals surface area contributed by atoms with Crippen molar-refractivity contribution in [2.75, 3.05) is 42.9 Å². The molecule has 1 aliphatic rings. The lowest BCUT2D eigenvalue weighted by atomic mass is 10.2. The van der Waals surface area contributed by atoms with Crippen LogP contribution in [-0.4, -0.2) is 48.5 Å². The van der Waals surface area contributed by atoms with E-state index in [1.807, 2.05) is 6.07 Å². The SMILES string of the molecule is CCN1CCN(c2ccnc(C(=O)Nc3ccc(F)cc3F)c2)CC1. The van der Waals surface area contributed by atoms with Gasteiger partial charge in [-0.05, 0) is 30.8 Å². The van der Waals surface area contributed by atoms with Crippen molar-refractivity contribution < 1.29 is 13.6 Å². The van der Waals surface area contributed by atoms with E-state index in [4.69, 9.17) is 0 Å². The molecule has 2 heterocycles.